The van der Waals surface area contributed by atoms with Gasteiger partial charge in [-0.15, -0.1) is 10.2 Å². The Hall–Kier alpha value is -3.00. The van der Waals surface area contributed by atoms with E-state index in [1.54, 1.807) is 0 Å². The summed E-state index contributed by atoms with van der Waals surface area (Å²) < 4.78 is 7.47. The molecule has 162 valence electrons. The highest BCUT2D eigenvalue weighted by Crippen LogP contribution is 2.38. The van der Waals surface area contributed by atoms with Gasteiger partial charge in [-0.05, 0) is 61.7 Å². The van der Waals surface area contributed by atoms with E-state index in [1.807, 2.05) is 67.9 Å². The zero-order valence-corrected chi connectivity index (χ0v) is 19.0. The van der Waals surface area contributed by atoms with Gasteiger partial charge in [-0.1, -0.05) is 36.9 Å². The first-order chi connectivity index (χ1) is 15.0. The highest BCUT2D eigenvalue weighted by Gasteiger charge is 2.37. The Morgan fingerprint density at radius 1 is 1.13 bits per heavy atom. The number of aromatic nitrogens is 3. The van der Waals surface area contributed by atoms with Crippen molar-refractivity contribution in [2.45, 2.75) is 50.6 Å². The molecule has 1 amide bonds. The van der Waals surface area contributed by atoms with Crippen LogP contribution in [0.5, 0.6) is 5.75 Å². The molecule has 1 aromatic heterocycles. The van der Waals surface area contributed by atoms with Crippen molar-refractivity contribution in [2.75, 3.05) is 17.3 Å². The lowest BCUT2D eigenvalue weighted by Crippen LogP contribution is -2.41. The monoisotopic (exact) mass is 437 g/mol. The molecule has 1 aliphatic heterocycles. The molecule has 31 heavy (non-hydrogen) atoms. The molecule has 0 saturated heterocycles. The molecule has 0 radical (unpaired) electrons. The summed E-state index contributed by atoms with van der Waals surface area (Å²) in [6.45, 7) is 8.71. The Bertz CT molecular complexity index is 1080. The van der Waals surface area contributed by atoms with Crippen LogP contribution in [0.1, 0.15) is 42.4 Å². The highest BCUT2D eigenvalue weighted by molar-refractivity contribution is 8.00. The van der Waals surface area contributed by atoms with Crippen LogP contribution in [0.3, 0.4) is 0 Å². The zero-order chi connectivity index (χ0) is 22.0. The second-order valence-corrected chi connectivity index (χ2v) is 8.63. The molecular weight excluding hydrogens is 410 g/mol. The van der Waals surface area contributed by atoms with Crippen LogP contribution in [0.2, 0.25) is 0 Å². The first kappa shape index (κ1) is 21.2. The number of nitrogens with zero attached hydrogens (tertiary/aromatic N) is 3. The summed E-state index contributed by atoms with van der Waals surface area (Å²) in [5.74, 6) is 1.57. The van der Waals surface area contributed by atoms with Crippen LogP contribution in [0.25, 0.3) is 0 Å². The van der Waals surface area contributed by atoms with Gasteiger partial charge in [0.15, 0.2) is 5.82 Å². The van der Waals surface area contributed by atoms with Crippen molar-refractivity contribution in [3.05, 3.63) is 65.0 Å². The SMILES string of the molecule is CCOc1ccc([C@@H]2Nn3c(CC)nnc3S[C@@H]2C(=O)Nc2ccc(C)c(C)c2)cc1. The van der Waals surface area contributed by atoms with Crippen molar-refractivity contribution in [2.24, 2.45) is 0 Å². The summed E-state index contributed by atoms with van der Waals surface area (Å²) in [5.41, 5.74) is 7.60. The van der Waals surface area contributed by atoms with Gasteiger partial charge >= 0.3 is 0 Å². The number of thioether (sulfide) groups is 1. The quantitative estimate of drug-likeness (QED) is 0.600. The Balaban J connectivity index is 1.64. The molecule has 0 saturated carbocycles. The second-order valence-electron chi connectivity index (χ2n) is 7.52. The average molecular weight is 438 g/mol. The molecule has 2 N–H and O–H groups in total. The molecule has 1 aliphatic rings. The van der Waals surface area contributed by atoms with Crippen LogP contribution >= 0.6 is 11.8 Å². The average Bonchev–Trinajstić information content (AvgIpc) is 3.18. The minimum absolute atomic E-state index is 0.0769. The van der Waals surface area contributed by atoms with Crippen molar-refractivity contribution < 1.29 is 9.53 Å². The van der Waals surface area contributed by atoms with Crippen LogP contribution in [-0.2, 0) is 11.2 Å². The number of fused-ring (bicyclic) bond motifs is 1. The molecule has 8 heteroatoms. The molecule has 0 aliphatic carbocycles. The third kappa shape index (κ3) is 4.39. The van der Waals surface area contributed by atoms with Gasteiger partial charge in [0, 0.05) is 12.1 Å². The maximum atomic E-state index is 13.3. The van der Waals surface area contributed by atoms with Crippen molar-refractivity contribution in [3.8, 4) is 5.75 Å². The summed E-state index contributed by atoms with van der Waals surface area (Å²) >= 11 is 1.43. The fourth-order valence-corrected chi connectivity index (χ4v) is 4.65. The van der Waals surface area contributed by atoms with Crippen molar-refractivity contribution in [1.29, 1.82) is 0 Å². The Labute approximate surface area is 186 Å². The van der Waals surface area contributed by atoms with Crippen LogP contribution < -0.4 is 15.5 Å². The summed E-state index contributed by atoms with van der Waals surface area (Å²) in [6, 6.07) is 13.6. The molecule has 2 heterocycles. The van der Waals surface area contributed by atoms with Crippen molar-refractivity contribution >= 4 is 23.4 Å². The Morgan fingerprint density at radius 3 is 2.58 bits per heavy atom. The topological polar surface area (TPSA) is 81.1 Å². The van der Waals surface area contributed by atoms with Crippen molar-refractivity contribution in [3.63, 3.8) is 0 Å². The minimum atomic E-state index is -0.416. The molecule has 3 aromatic rings. The Morgan fingerprint density at radius 2 is 1.90 bits per heavy atom. The third-order valence-corrected chi connectivity index (χ3v) is 6.62. The van der Waals surface area contributed by atoms with E-state index in [0.717, 1.165) is 34.8 Å². The van der Waals surface area contributed by atoms with Crippen LogP contribution in [0, 0.1) is 13.8 Å². The van der Waals surface area contributed by atoms with E-state index in [4.69, 9.17) is 4.74 Å². The molecule has 2 atom stereocenters. The van der Waals surface area contributed by atoms with Gasteiger partial charge in [0.1, 0.15) is 11.0 Å². The lowest BCUT2D eigenvalue weighted by Gasteiger charge is -2.33. The van der Waals surface area contributed by atoms with E-state index in [0.29, 0.717) is 11.8 Å². The van der Waals surface area contributed by atoms with Crippen LogP contribution in [0.15, 0.2) is 47.6 Å². The third-order valence-electron chi connectivity index (χ3n) is 5.40. The molecule has 0 unspecified atom stereocenters. The Kier molecular flexibility index (Phi) is 6.18. The van der Waals surface area contributed by atoms with Gasteiger partial charge in [-0.25, -0.2) is 4.68 Å². The van der Waals surface area contributed by atoms with Gasteiger partial charge in [-0.2, -0.15) is 0 Å². The predicted octanol–water partition coefficient (Wildman–Crippen LogP) is 4.25. The number of aryl methyl sites for hydroxylation is 3. The fourth-order valence-electron chi connectivity index (χ4n) is 3.55. The largest absolute Gasteiger partial charge is 0.494 e. The van der Waals surface area contributed by atoms with Gasteiger partial charge in [-0.3, -0.25) is 4.79 Å². The smallest absolute Gasteiger partial charge is 0.240 e. The molecule has 0 fully saturated rings. The van der Waals surface area contributed by atoms with E-state index in [1.165, 1.54) is 17.3 Å². The molecule has 7 nitrogen and oxygen atoms in total. The van der Waals surface area contributed by atoms with Crippen molar-refractivity contribution in [1.82, 2.24) is 14.9 Å². The summed E-state index contributed by atoms with van der Waals surface area (Å²) in [4.78, 5) is 13.3. The number of carbonyl (C=O) groups is 1. The normalized spacial score (nSPS) is 17.5. The van der Waals surface area contributed by atoms with E-state index >= 15 is 0 Å². The number of amides is 1. The first-order valence-electron chi connectivity index (χ1n) is 10.5. The number of benzene rings is 2. The second kappa shape index (κ2) is 9.01. The van der Waals surface area contributed by atoms with Gasteiger partial charge in [0.2, 0.25) is 11.1 Å². The molecule has 0 spiro atoms. The molecule has 2 aromatic carbocycles. The summed E-state index contributed by atoms with van der Waals surface area (Å²) in [5, 5.41) is 11.9. The highest BCUT2D eigenvalue weighted by atomic mass is 32.2. The standard InChI is InChI=1S/C23H27N5O2S/c1-5-19-25-26-23-28(19)27-20(16-8-11-18(12-9-16)30-6-2)21(31-23)22(29)24-17-10-7-14(3)15(4)13-17/h7-13,20-21,27H,5-6H2,1-4H3,(H,24,29)/t20-,21-/m0/s1. The summed E-state index contributed by atoms with van der Waals surface area (Å²) in [7, 11) is 0. The number of anilines is 1. The lowest BCUT2D eigenvalue weighted by molar-refractivity contribution is -0.116. The van der Waals surface area contributed by atoms with Crippen LogP contribution in [0.4, 0.5) is 5.69 Å². The molecule has 0 bridgehead atoms. The van der Waals surface area contributed by atoms with E-state index in [2.05, 4.69) is 27.9 Å². The minimum Gasteiger partial charge on any atom is -0.494 e. The van der Waals surface area contributed by atoms with Gasteiger partial charge in [0.25, 0.3) is 0 Å². The van der Waals surface area contributed by atoms with E-state index in [9.17, 15) is 4.79 Å². The number of ether oxygens (including phenoxy) is 1. The number of hydrogen-bond donors (Lipinski definition) is 2. The lowest BCUT2D eigenvalue weighted by atomic mass is 10.0. The van der Waals surface area contributed by atoms with Crippen LogP contribution in [-0.4, -0.2) is 32.6 Å². The number of rotatable bonds is 6. The zero-order valence-electron chi connectivity index (χ0n) is 18.2. The molecule has 4 rings (SSSR count). The fraction of sp³-hybridized carbons (Fsp3) is 0.348. The predicted molar refractivity (Wildman–Crippen MR) is 123 cm³/mol. The van der Waals surface area contributed by atoms with Gasteiger partial charge in [0.05, 0.1) is 12.6 Å². The maximum Gasteiger partial charge on any atom is 0.240 e. The molecular formula is C23H27N5O2S. The summed E-state index contributed by atoms with van der Waals surface area (Å²) in [6.07, 6.45) is 0.746. The number of hydrogen-bond acceptors (Lipinski definition) is 6. The van der Waals surface area contributed by atoms with E-state index in [-0.39, 0.29) is 11.9 Å². The van der Waals surface area contributed by atoms with Gasteiger partial charge < -0.3 is 15.5 Å². The number of carbonyl (C=O) groups excluding carboxylic acids is 1. The first-order valence-corrected chi connectivity index (χ1v) is 11.4. The maximum absolute atomic E-state index is 13.3. The number of nitrogens with one attached hydrogen (secondary N) is 2. The van der Waals surface area contributed by atoms with E-state index < -0.39 is 5.25 Å².